The van der Waals surface area contributed by atoms with Crippen molar-refractivity contribution in [1.82, 2.24) is 9.88 Å². The molecule has 1 aliphatic heterocycles. The molecule has 1 aromatic carbocycles. The maximum atomic E-state index is 13.1. The fourth-order valence-electron chi connectivity index (χ4n) is 2.47. The number of hydrogen-bond donors (Lipinski definition) is 1. The molecule has 0 aliphatic carbocycles. The van der Waals surface area contributed by atoms with Crippen molar-refractivity contribution in [2.24, 2.45) is 5.92 Å². The lowest BCUT2D eigenvalue weighted by atomic mass is 9.97. The summed E-state index contributed by atoms with van der Waals surface area (Å²) < 4.78 is 14.0. The summed E-state index contributed by atoms with van der Waals surface area (Å²) in [7, 11) is 2.17. The van der Waals surface area contributed by atoms with Crippen molar-refractivity contribution < 1.29 is 4.39 Å². The Hall–Kier alpha value is -1.20. The van der Waals surface area contributed by atoms with Crippen LogP contribution in [0.15, 0.2) is 18.2 Å². The molecule has 1 aromatic heterocycles. The number of likely N-dealkylation sites (tertiary alicyclic amines) is 1. The van der Waals surface area contributed by atoms with Crippen LogP contribution in [0.2, 0.25) is 0 Å². The quantitative estimate of drug-likeness (QED) is 0.935. The van der Waals surface area contributed by atoms with E-state index in [0.717, 1.165) is 27.8 Å². The summed E-state index contributed by atoms with van der Waals surface area (Å²) in [5.74, 6) is 0.526. The Morgan fingerprint density at radius 3 is 3.00 bits per heavy atom. The highest BCUT2D eigenvalue weighted by Gasteiger charge is 2.16. The lowest BCUT2D eigenvalue weighted by Gasteiger charge is -2.28. The summed E-state index contributed by atoms with van der Waals surface area (Å²) in [6.07, 6.45) is 2.48. The van der Waals surface area contributed by atoms with E-state index in [4.69, 9.17) is 0 Å². The van der Waals surface area contributed by atoms with E-state index in [9.17, 15) is 4.39 Å². The predicted molar refractivity (Wildman–Crippen MR) is 78.3 cm³/mol. The van der Waals surface area contributed by atoms with Crippen LogP contribution in [-0.2, 0) is 0 Å². The van der Waals surface area contributed by atoms with E-state index in [1.54, 1.807) is 12.1 Å². The molecule has 1 N–H and O–H groups in total. The second-order valence-corrected chi connectivity index (χ2v) is 6.29. The summed E-state index contributed by atoms with van der Waals surface area (Å²) in [6, 6.07) is 4.75. The molecule has 1 saturated heterocycles. The maximum Gasteiger partial charge on any atom is 0.183 e. The summed E-state index contributed by atoms with van der Waals surface area (Å²) >= 11 is 1.53. The van der Waals surface area contributed by atoms with Crippen LogP contribution in [0.25, 0.3) is 10.2 Å². The van der Waals surface area contributed by atoms with Crippen LogP contribution in [0.1, 0.15) is 12.8 Å². The number of thiazole rings is 1. The van der Waals surface area contributed by atoms with Crippen molar-refractivity contribution in [1.29, 1.82) is 0 Å². The first-order valence-corrected chi connectivity index (χ1v) is 7.51. The van der Waals surface area contributed by atoms with Crippen molar-refractivity contribution in [3.05, 3.63) is 24.0 Å². The number of anilines is 1. The average Bonchev–Trinajstić information content (AvgIpc) is 2.80. The molecule has 2 aromatic rings. The molecule has 0 saturated carbocycles. The van der Waals surface area contributed by atoms with Gasteiger partial charge in [-0.3, -0.25) is 0 Å². The highest BCUT2D eigenvalue weighted by molar-refractivity contribution is 7.22. The predicted octanol–water partition coefficient (Wildman–Crippen LogP) is 3.19. The van der Waals surface area contributed by atoms with Gasteiger partial charge in [-0.15, -0.1) is 0 Å². The Balaban J connectivity index is 1.62. The van der Waals surface area contributed by atoms with E-state index in [1.165, 1.54) is 43.3 Å². The molecule has 0 spiro atoms. The Morgan fingerprint density at radius 2 is 2.21 bits per heavy atom. The van der Waals surface area contributed by atoms with E-state index in [0.29, 0.717) is 0 Å². The molecule has 3 nitrogen and oxygen atoms in total. The van der Waals surface area contributed by atoms with Crippen LogP contribution in [-0.4, -0.2) is 36.6 Å². The number of nitrogens with one attached hydrogen (secondary N) is 1. The van der Waals surface area contributed by atoms with Gasteiger partial charge >= 0.3 is 0 Å². The lowest BCUT2D eigenvalue weighted by Crippen LogP contribution is -2.32. The molecule has 102 valence electrons. The summed E-state index contributed by atoms with van der Waals surface area (Å²) in [5.41, 5.74) is 0.872. The zero-order chi connectivity index (χ0) is 13.2. The average molecular weight is 279 g/mol. The molecule has 1 aliphatic rings. The standard InChI is InChI=1S/C14H18FN3S/c1-18-6-4-10(5-7-18)9-16-14-17-12-3-2-11(15)8-13(12)19-14/h2-3,8,10H,4-7,9H2,1H3,(H,16,17). The zero-order valence-corrected chi connectivity index (χ0v) is 11.8. The van der Waals surface area contributed by atoms with Gasteiger partial charge in [-0.1, -0.05) is 11.3 Å². The normalized spacial score (nSPS) is 18.0. The van der Waals surface area contributed by atoms with Gasteiger partial charge in [-0.2, -0.15) is 0 Å². The molecule has 0 radical (unpaired) electrons. The summed E-state index contributed by atoms with van der Waals surface area (Å²) in [6.45, 7) is 3.32. The fraction of sp³-hybridized carbons (Fsp3) is 0.500. The minimum atomic E-state index is -0.196. The number of nitrogens with zero attached hydrogens (tertiary/aromatic N) is 2. The van der Waals surface area contributed by atoms with E-state index in [2.05, 4.69) is 22.2 Å². The Bertz CT molecular complexity index is 561. The molecule has 1 fully saturated rings. The summed E-state index contributed by atoms with van der Waals surface area (Å²) in [4.78, 5) is 6.86. The van der Waals surface area contributed by atoms with Crippen LogP contribution in [0.5, 0.6) is 0 Å². The molecule has 3 rings (SSSR count). The molecule has 19 heavy (non-hydrogen) atoms. The molecule has 0 amide bonds. The third-order valence-corrected chi connectivity index (χ3v) is 4.71. The SMILES string of the molecule is CN1CCC(CNc2nc3ccc(F)cc3s2)CC1. The van der Waals surface area contributed by atoms with Gasteiger partial charge in [0, 0.05) is 6.54 Å². The number of aromatic nitrogens is 1. The maximum absolute atomic E-state index is 13.1. The van der Waals surface area contributed by atoms with Crippen molar-refractivity contribution in [3.8, 4) is 0 Å². The van der Waals surface area contributed by atoms with Gasteiger partial charge in [-0.05, 0) is 57.1 Å². The number of benzene rings is 1. The number of hydrogen-bond acceptors (Lipinski definition) is 4. The minimum Gasteiger partial charge on any atom is -0.361 e. The molecule has 2 heterocycles. The second kappa shape index (κ2) is 5.43. The third kappa shape index (κ3) is 3.04. The van der Waals surface area contributed by atoms with Gasteiger partial charge < -0.3 is 10.2 Å². The largest absolute Gasteiger partial charge is 0.361 e. The van der Waals surface area contributed by atoms with E-state index < -0.39 is 0 Å². The van der Waals surface area contributed by atoms with Crippen molar-refractivity contribution in [2.45, 2.75) is 12.8 Å². The van der Waals surface area contributed by atoms with Gasteiger partial charge in [0.1, 0.15) is 5.82 Å². The topological polar surface area (TPSA) is 28.2 Å². The second-order valence-electron chi connectivity index (χ2n) is 5.26. The summed E-state index contributed by atoms with van der Waals surface area (Å²) in [5, 5.41) is 4.31. The highest BCUT2D eigenvalue weighted by Crippen LogP contribution is 2.27. The molecule has 5 heteroatoms. The van der Waals surface area contributed by atoms with E-state index >= 15 is 0 Å². The number of fused-ring (bicyclic) bond motifs is 1. The van der Waals surface area contributed by atoms with E-state index in [1.807, 2.05) is 0 Å². The first-order chi connectivity index (χ1) is 9.20. The molecular formula is C14H18FN3S. The van der Waals surface area contributed by atoms with Crippen LogP contribution in [0, 0.1) is 11.7 Å². The Morgan fingerprint density at radius 1 is 1.42 bits per heavy atom. The fourth-order valence-corrected chi connectivity index (χ4v) is 3.37. The highest BCUT2D eigenvalue weighted by atomic mass is 32.1. The molecule has 0 unspecified atom stereocenters. The van der Waals surface area contributed by atoms with Crippen molar-refractivity contribution in [2.75, 3.05) is 32.0 Å². The van der Waals surface area contributed by atoms with Crippen LogP contribution in [0.3, 0.4) is 0 Å². The zero-order valence-electron chi connectivity index (χ0n) is 11.0. The molecular weight excluding hydrogens is 261 g/mol. The lowest BCUT2D eigenvalue weighted by molar-refractivity contribution is 0.226. The van der Waals surface area contributed by atoms with Crippen molar-refractivity contribution in [3.63, 3.8) is 0 Å². The van der Waals surface area contributed by atoms with Gasteiger partial charge in [0.05, 0.1) is 10.2 Å². The number of piperidine rings is 1. The first kappa shape index (κ1) is 12.8. The smallest absolute Gasteiger partial charge is 0.183 e. The number of rotatable bonds is 3. The van der Waals surface area contributed by atoms with Crippen LogP contribution < -0.4 is 5.32 Å². The Kier molecular flexibility index (Phi) is 3.66. The van der Waals surface area contributed by atoms with Crippen LogP contribution in [0.4, 0.5) is 9.52 Å². The number of halogens is 1. The Labute approximate surface area is 116 Å². The van der Waals surface area contributed by atoms with Gasteiger partial charge in [0.15, 0.2) is 5.13 Å². The van der Waals surface area contributed by atoms with Gasteiger partial charge in [-0.25, -0.2) is 9.37 Å². The molecule has 0 atom stereocenters. The van der Waals surface area contributed by atoms with Crippen molar-refractivity contribution >= 4 is 26.7 Å². The third-order valence-electron chi connectivity index (χ3n) is 3.73. The minimum absolute atomic E-state index is 0.196. The van der Waals surface area contributed by atoms with Gasteiger partial charge in [0.25, 0.3) is 0 Å². The monoisotopic (exact) mass is 279 g/mol. The van der Waals surface area contributed by atoms with Gasteiger partial charge in [0.2, 0.25) is 0 Å². The molecule has 0 bridgehead atoms. The first-order valence-electron chi connectivity index (χ1n) is 6.69. The van der Waals surface area contributed by atoms with Crippen LogP contribution >= 0.6 is 11.3 Å². The van der Waals surface area contributed by atoms with E-state index in [-0.39, 0.29) is 5.82 Å².